The summed E-state index contributed by atoms with van der Waals surface area (Å²) in [5.74, 6) is 1.62. The first-order valence-corrected chi connectivity index (χ1v) is 12.8. The van der Waals surface area contributed by atoms with Crippen LogP contribution in [-0.4, -0.2) is 57.1 Å². The van der Waals surface area contributed by atoms with Gasteiger partial charge < -0.3 is 37.4 Å². The molecule has 38 heavy (non-hydrogen) atoms. The molecule has 3 aromatic heterocycles. The van der Waals surface area contributed by atoms with E-state index in [1.807, 2.05) is 12.1 Å². The maximum atomic E-state index is 5.40. The molecule has 0 spiro atoms. The van der Waals surface area contributed by atoms with E-state index in [0.29, 0.717) is 44.0 Å². The Labute approximate surface area is 220 Å². The second kappa shape index (κ2) is 12.0. The Balaban J connectivity index is 1.23. The number of H-pyrrole nitrogens is 2. The Bertz CT molecular complexity index is 1420. The summed E-state index contributed by atoms with van der Waals surface area (Å²) in [6, 6.07) is 16.6. The molecule has 0 aliphatic heterocycles. The average Bonchev–Trinajstić information content (AvgIpc) is 3.53. The Kier molecular flexibility index (Phi) is 7.83. The van der Waals surface area contributed by atoms with E-state index in [4.69, 9.17) is 11.5 Å². The highest BCUT2D eigenvalue weighted by molar-refractivity contribution is 5.83. The van der Waals surface area contributed by atoms with Crippen LogP contribution in [-0.2, 0) is 12.8 Å². The van der Waals surface area contributed by atoms with Crippen LogP contribution in [0.25, 0.3) is 21.8 Å². The Hall–Kier alpha value is -4.80. The molecular formula is C27H33N11. The molecule has 0 aliphatic carbocycles. The summed E-state index contributed by atoms with van der Waals surface area (Å²) in [5.41, 5.74) is 15.6. The van der Waals surface area contributed by atoms with Crippen LogP contribution in [0.4, 0.5) is 17.8 Å². The molecule has 196 valence electrons. The molecule has 11 heteroatoms. The third-order valence-electron chi connectivity index (χ3n) is 6.25. The summed E-state index contributed by atoms with van der Waals surface area (Å²) in [6.45, 7) is 2.53. The summed E-state index contributed by atoms with van der Waals surface area (Å²) < 4.78 is 0. The molecule has 0 atom stereocenters. The first-order valence-electron chi connectivity index (χ1n) is 12.8. The zero-order valence-electron chi connectivity index (χ0n) is 21.2. The molecule has 2 aromatic carbocycles. The first kappa shape index (κ1) is 24.9. The smallest absolute Gasteiger partial charge is 0.229 e. The zero-order chi connectivity index (χ0) is 26.2. The van der Waals surface area contributed by atoms with Crippen molar-refractivity contribution in [2.45, 2.75) is 19.3 Å². The van der Waals surface area contributed by atoms with Crippen LogP contribution in [0.2, 0.25) is 0 Å². The van der Waals surface area contributed by atoms with Gasteiger partial charge >= 0.3 is 0 Å². The van der Waals surface area contributed by atoms with Crippen molar-refractivity contribution >= 4 is 45.6 Å². The monoisotopic (exact) mass is 511 g/mol. The van der Waals surface area contributed by atoms with Gasteiger partial charge in [0, 0.05) is 60.4 Å². The van der Waals surface area contributed by atoms with Crippen molar-refractivity contribution in [1.82, 2.24) is 24.9 Å². The highest BCUT2D eigenvalue weighted by Gasteiger charge is 2.09. The highest BCUT2D eigenvalue weighted by Crippen LogP contribution is 2.19. The van der Waals surface area contributed by atoms with Crippen LogP contribution in [0.5, 0.6) is 0 Å². The largest absolute Gasteiger partial charge is 0.370 e. The van der Waals surface area contributed by atoms with Gasteiger partial charge in [0.25, 0.3) is 0 Å². The number of hydrogen-bond acceptors (Lipinski definition) is 7. The summed E-state index contributed by atoms with van der Waals surface area (Å²) in [6.07, 6.45) is 6.53. The minimum absolute atomic E-state index is 0.0912. The van der Waals surface area contributed by atoms with Crippen molar-refractivity contribution in [3.05, 3.63) is 72.1 Å². The fraction of sp³-hybridized carbons (Fsp3) is 0.259. The Morgan fingerprint density at radius 3 is 1.66 bits per heavy atom. The number of para-hydroxylation sites is 2. The second-order valence-electron chi connectivity index (χ2n) is 8.97. The van der Waals surface area contributed by atoms with Gasteiger partial charge in [0.05, 0.1) is 0 Å². The number of hydrogen-bond donors (Lipinski definition) is 7. The van der Waals surface area contributed by atoms with Crippen LogP contribution in [0.15, 0.2) is 65.9 Å². The number of nitrogens with two attached hydrogens (primary N) is 2. The maximum absolute atomic E-state index is 5.40. The number of rotatable bonds is 13. The van der Waals surface area contributed by atoms with Crippen LogP contribution in [0.1, 0.15) is 17.5 Å². The Morgan fingerprint density at radius 1 is 0.684 bits per heavy atom. The van der Waals surface area contributed by atoms with Gasteiger partial charge in [-0.1, -0.05) is 36.4 Å². The standard InChI is InChI=1S/C27H33N11/c28-24(29)30-12-5-13-31-25-36-26(32-14-10-18-16-34-22-8-3-1-6-20(18)22)38-27(37-25)33-15-11-19-17-35-23-9-4-2-7-21(19)23/h1-4,6-9,16-17,34-35H,5,10-15H2,(H4,28,29,30)(H3,31,32,33,36,37,38). The molecule has 5 aromatic rings. The van der Waals surface area contributed by atoms with Gasteiger partial charge in [-0.05, 0) is 42.5 Å². The average molecular weight is 512 g/mol. The molecule has 0 fully saturated rings. The quantitative estimate of drug-likeness (QED) is 0.0717. The van der Waals surface area contributed by atoms with Crippen LogP contribution < -0.4 is 27.4 Å². The van der Waals surface area contributed by atoms with Crippen LogP contribution in [0.3, 0.4) is 0 Å². The molecular weight excluding hydrogens is 478 g/mol. The van der Waals surface area contributed by atoms with Crippen molar-refractivity contribution in [1.29, 1.82) is 0 Å². The van der Waals surface area contributed by atoms with Gasteiger partial charge in [-0.3, -0.25) is 4.99 Å². The molecule has 0 unspecified atom stereocenters. The second-order valence-corrected chi connectivity index (χ2v) is 8.97. The van der Waals surface area contributed by atoms with E-state index in [2.05, 4.69) is 94.7 Å². The number of fused-ring (bicyclic) bond motifs is 2. The van der Waals surface area contributed by atoms with E-state index in [-0.39, 0.29) is 5.96 Å². The number of aromatic nitrogens is 5. The summed E-state index contributed by atoms with van der Waals surface area (Å²) in [4.78, 5) is 24.4. The van der Waals surface area contributed by atoms with E-state index in [0.717, 1.165) is 30.3 Å². The third kappa shape index (κ3) is 6.30. The van der Waals surface area contributed by atoms with Gasteiger partial charge in [0.1, 0.15) is 0 Å². The minimum atomic E-state index is 0.0912. The number of aliphatic imine (C=N–C) groups is 1. The number of anilines is 3. The fourth-order valence-electron chi connectivity index (χ4n) is 4.40. The third-order valence-corrected chi connectivity index (χ3v) is 6.25. The van der Waals surface area contributed by atoms with Crippen LogP contribution in [0, 0.1) is 0 Å². The molecule has 9 N–H and O–H groups in total. The van der Waals surface area contributed by atoms with Gasteiger partial charge in [0.15, 0.2) is 5.96 Å². The fourth-order valence-corrected chi connectivity index (χ4v) is 4.40. The lowest BCUT2D eigenvalue weighted by atomic mass is 10.1. The molecule has 0 aliphatic rings. The number of guanidine groups is 1. The molecule has 11 nitrogen and oxygen atoms in total. The first-order chi connectivity index (χ1) is 18.7. The lowest BCUT2D eigenvalue weighted by molar-refractivity contribution is 0.856. The van der Waals surface area contributed by atoms with E-state index in [1.165, 1.54) is 21.9 Å². The van der Waals surface area contributed by atoms with Crippen molar-refractivity contribution < 1.29 is 0 Å². The molecule has 0 bridgehead atoms. The number of benzene rings is 2. The van der Waals surface area contributed by atoms with Gasteiger partial charge in [-0.15, -0.1) is 0 Å². The minimum Gasteiger partial charge on any atom is -0.370 e. The number of nitrogens with zero attached hydrogens (tertiary/aromatic N) is 4. The lowest BCUT2D eigenvalue weighted by Gasteiger charge is -2.11. The van der Waals surface area contributed by atoms with Crippen molar-refractivity contribution in [3.8, 4) is 0 Å². The predicted octanol–water partition coefficient (Wildman–Crippen LogP) is 3.22. The molecule has 0 saturated heterocycles. The van der Waals surface area contributed by atoms with Gasteiger partial charge in [-0.2, -0.15) is 15.0 Å². The van der Waals surface area contributed by atoms with Gasteiger partial charge in [-0.25, -0.2) is 0 Å². The SMILES string of the molecule is NC(N)=NCCCNc1nc(NCCc2c[nH]c3ccccc23)nc(NCCc2c[nH]c3ccccc23)n1. The normalized spacial score (nSPS) is 11.1. The Morgan fingerprint density at radius 2 is 1.16 bits per heavy atom. The van der Waals surface area contributed by atoms with E-state index in [1.54, 1.807) is 0 Å². The molecule has 0 amide bonds. The van der Waals surface area contributed by atoms with E-state index in [9.17, 15) is 0 Å². The summed E-state index contributed by atoms with van der Waals surface area (Å²) in [7, 11) is 0. The predicted molar refractivity (Wildman–Crippen MR) is 155 cm³/mol. The zero-order valence-corrected chi connectivity index (χ0v) is 21.2. The maximum Gasteiger partial charge on any atom is 0.229 e. The molecule has 0 radical (unpaired) electrons. The van der Waals surface area contributed by atoms with E-state index < -0.39 is 0 Å². The van der Waals surface area contributed by atoms with Crippen molar-refractivity contribution in [2.24, 2.45) is 16.5 Å². The van der Waals surface area contributed by atoms with Crippen LogP contribution >= 0.6 is 0 Å². The summed E-state index contributed by atoms with van der Waals surface area (Å²) >= 11 is 0. The topological polar surface area (TPSA) is 171 Å². The summed E-state index contributed by atoms with van der Waals surface area (Å²) in [5, 5.41) is 12.4. The molecule has 3 heterocycles. The molecule has 0 saturated carbocycles. The van der Waals surface area contributed by atoms with E-state index >= 15 is 0 Å². The number of nitrogens with one attached hydrogen (secondary N) is 5. The van der Waals surface area contributed by atoms with Gasteiger partial charge in [0.2, 0.25) is 17.8 Å². The number of aromatic amines is 2. The van der Waals surface area contributed by atoms with Crippen molar-refractivity contribution in [3.63, 3.8) is 0 Å². The molecule has 5 rings (SSSR count). The highest BCUT2D eigenvalue weighted by atomic mass is 15.3. The van der Waals surface area contributed by atoms with Crippen molar-refractivity contribution in [2.75, 3.05) is 42.1 Å². The lowest BCUT2D eigenvalue weighted by Crippen LogP contribution is -2.23.